The van der Waals surface area contributed by atoms with Gasteiger partial charge in [-0.25, -0.2) is 4.39 Å². The van der Waals surface area contributed by atoms with Crippen LogP contribution in [0.15, 0.2) is 47.9 Å². The van der Waals surface area contributed by atoms with Crippen molar-refractivity contribution in [1.82, 2.24) is 4.98 Å². The highest BCUT2D eigenvalue weighted by Gasteiger charge is 2.19. The number of rotatable bonds is 6. The second-order valence-electron chi connectivity index (χ2n) is 4.64. The zero-order valence-corrected chi connectivity index (χ0v) is 13.0. The molecule has 0 saturated carbocycles. The smallest absolute Gasteiger partial charge is 0.216 e. The second kappa shape index (κ2) is 7.87. The molecule has 1 atom stereocenters. The van der Waals surface area contributed by atoms with Crippen LogP contribution < -0.4 is 0 Å². The van der Waals surface area contributed by atoms with Crippen LogP contribution in [0.2, 0.25) is 5.02 Å². The first kappa shape index (κ1) is 16.4. The van der Waals surface area contributed by atoms with E-state index < -0.39 is 5.82 Å². The first-order valence-corrected chi connectivity index (χ1v) is 7.05. The largest absolute Gasteiger partial charge is 0.367 e. The van der Waals surface area contributed by atoms with Crippen LogP contribution in [0.1, 0.15) is 24.0 Å². The van der Waals surface area contributed by atoms with Gasteiger partial charge in [0.25, 0.3) is 0 Å². The van der Waals surface area contributed by atoms with Gasteiger partial charge in [0.15, 0.2) is 0 Å². The molecule has 0 aliphatic heterocycles. The summed E-state index contributed by atoms with van der Waals surface area (Å²) >= 11 is 6.15. The van der Waals surface area contributed by atoms with Gasteiger partial charge < -0.3 is 9.57 Å². The lowest BCUT2D eigenvalue weighted by molar-refractivity contribution is -0.0284. The zero-order chi connectivity index (χ0) is 15.9. The highest BCUT2D eigenvalue weighted by molar-refractivity contribution is 6.34. The molecular formula is C16H16ClFN2O2. The lowest BCUT2D eigenvalue weighted by Crippen LogP contribution is -2.13. The van der Waals surface area contributed by atoms with Crippen molar-refractivity contribution in [2.45, 2.75) is 12.8 Å². The standard InChI is InChI=1S/C16H16ClFN2O2/c1-11(12-4-3-7-19-9-12)16(20-22-10-21-2)14-6-5-13(18)8-15(14)17/h3-9,11H,10H2,1-2H3. The van der Waals surface area contributed by atoms with E-state index in [1.807, 2.05) is 19.1 Å². The van der Waals surface area contributed by atoms with Gasteiger partial charge in [0.1, 0.15) is 5.82 Å². The first-order chi connectivity index (χ1) is 10.6. The number of hydrogen-bond acceptors (Lipinski definition) is 4. The van der Waals surface area contributed by atoms with Gasteiger partial charge in [-0.3, -0.25) is 4.98 Å². The van der Waals surface area contributed by atoms with Gasteiger partial charge >= 0.3 is 0 Å². The van der Waals surface area contributed by atoms with E-state index in [-0.39, 0.29) is 17.7 Å². The number of ether oxygens (including phenoxy) is 1. The molecule has 1 aromatic carbocycles. The van der Waals surface area contributed by atoms with E-state index >= 15 is 0 Å². The van der Waals surface area contributed by atoms with Crippen molar-refractivity contribution < 1.29 is 14.0 Å². The summed E-state index contributed by atoms with van der Waals surface area (Å²) in [6, 6.07) is 7.94. The third-order valence-electron chi connectivity index (χ3n) is 3.14. The Morgan fingerprint density at radius 2 is 2.23 bits per heavy atom. The topological polar surface area (TPSA) is 43.7 Å². The number of halogens is 2. The average Bonchev–Trinajstić information content (AvgIpc) is 2.53. The van der Waals surface area contributed by atoms with Crippen LogP contribution in [0.4, 0.5) is 4.39 Å². The van der Waals surface area contributed by atoms with Gasteiger partial charge in [-0.05, 0) is 29.8 Å². The summed E-state index contributed by atoms with van der Waals surface area (Å²) in [5, 5.41) is 4.38. The van der Waals surface area contributed by atoms with Crippen molar-refractivity contribution >= 4 is 17.3 Å². The van der Waals surface area contributed by atoms with Crippen LogP contribution in [-0.2, 0) is 9.57 Å². The number of pyridine rings is 1. The van der Waals surface area contributed by atoms with Crippen LogP contribution in [0.3, 0.4) is 0 Å². The SMILES string of the molecule is COCON=C(c1ccc(F)cc1Cl)C(C)c1cccnc1. The van der Waals surface area contributed by atoms with Crippen molar-refractivity contribution in [3.8, 4) is 0 Å². The molecule has 0 N–H and O–H groups in total. The second-order valence-corrected chi connectivity index (χ2v) is 5.05. The summed E-state index contributed by atoms with van der Waals surface area (Å²) in [4.78, 5) is 9.22. The van der Waals surface area contributed by atoms with Crippen LogP contribution in [0.5, 0.6) is 0 Å². The Bertz CT molecular complexity index is 650. The summed E-state index contributed by atoms with van der Waals surface area (Å²) in [5.74, 6) is -0.534. The minimum Gasteiger partial charge on any atom is -0.367 e. The highest BCUT2D eigenvalue weighted by Crippen LogP contribution is 2.26. The molecule has 0 spiro atoms. The maximum atomic E-state index is 13.3. The Hall–Kier alpha value is -1.98. The number of hydrogen-bond donors (Lipinski definition) is 0. The van der Waals surface area contributed by atoms with E-state index in [1.54, 1.807) is 18.5 Å². The van der Waals surface area contributed by atoms with Gasteiger partial charge in [-0.1, -0.05) is 29.7 Å². The minimum atomic E-state index is -0.403. The Labute approximate surface area is 133 Å². The Kier molecular flexibility index (Phi) is 5.86. The summed E-state index contributed by atoms with van der Waals surface area (Å²) in [5.41, 5.74) is 2.13. The molecule has 4 nitrogen and oxygen atoms in total. The molecule has 2 rings (SSSR count). The van der Waals surface area contributed by atoms with E-state index in [0.717, 1.165) is 5.56 Å². The molecule has 1 unspecified atom stereocenters. The van der Waals surface area contributed by atoms with Gasteiger partial charge in [-0.15, -0.1) is 0 Å². The molecular weight excluding hydrogens is 307 g/mol. The van der Waals surface area contributed by atoms with E-state index in [0.29, 0.717) is 11.3 Å². The van der Waals surface area contributed by atoms with Crippen molar-refractivity contribution in [2.75, 3.05) is 13.9 Å². The molecule has 0 aliphatic carbocycles. The Morgan fingerprint density at radius 3 is 2.86 bits per heavy atom. The van der Waals surface area contributed by atoms with E-state index in [2.05, 4.69) is 10.1 Å². The van der Waals surface area contributed by atoms with Crippen molar-refractivity contribution in [2.24, 2.45) is 5.16 Å². The van der Waals surface area contributed by atoms with Gasteiger partial charge in [-0.2, -0.15) is 0 Å². The molecule has 1 aromatic heterocycles. The van der Waals surface area contributed by atoms with Crippen LogP contribution in [0, 0.1) is 5.82 Å². The van der Waals surface area contributed by atoms with E-state index in [9.17, 15) is 4.39 Å². The fraction of sp³-hybridized carbons (Fsp3) is 0.250. The molecule has 6 heteroatoms. The number of oxime groups is 1. The summed E-state index contributed by atoms with van der Waals surface area (Å²) in [6.45, 7) is 1.97. The predicted octanol–water partition coefficient (Wildman–Crippen LogP) is 4.00. The van der Waals surface area contributed by atoms with Crippen LogP contribution in [-0.4, -0.2) is 24.6 Å². The summed E-state index contributed by atoms with van der Waals surface area (Å²) < 4.78 is 18.1. The normalized spacial score (nSPS) is 13.0. The lowest BCUT2D eigenvalue weighted by Gasteiger charge is -2.16. The number of benzene rings is 1. The fourth-order valence-corrected chi connectivity index (χ4v) is 2.26. The maximum Gasteiger partial charge on any atom is 0.216 e. The third-order valence-corrected chi connectivity index (χ3v) is 3.45. The number of methoxy groups -OCH3 is 1. The van der Waals surface area contributed by atoms with E-state index in [1.165, 1.54) is 19.2 Å². The van der Waals surface area contributed by atoms with Gasteiger partial charge in [0.2, 0.25) is 6.79 Å². The molecule has 0 amide bonds. The van der Waals surface area contributed by atoms with Crippen molar-refractivity contribution in [3.63, 3.8) is 0 Å². The monoisotopic (exact) mass is 322 g/mol. The molecule has 116 valence electrons. The quantitative estimate of drug-likeness (QED) is 0.349. The molecule has 22 heavy (non-hydrogen) atoms. The van der Waals surface area contributed by atoms with E-state index in [4.69, 9.17) is 21.2 Å². The lowest BCUT2D eigenvalue weighted by atomic mass is 9.92. The predicted molar refractivity (Wildman–Crippen MR) is 83.6 cm³/mol. The van der Waals surface area contributed by atoms with Gasteiger partial charge in [0.05, 0.1) is 10.7 Å². The first-order valence-electron chi connectivity index (χ1n) is 6.67. The Morgan fingerprint density at radius 1 is 1.41 bits per heavy atom. The minimum absolute atomic E-state index is 0.0159. The molecule has 0 saturated heterocycles. The van der Waals surface area contributed by atoms with Crippen LogP contribution >= 0.6 is 11.6 Å². The summed E-state index contributed by atoms with van der Waals surface area (Å²) in [7, 11) is 1.50. The maximum absolute atomic E-state index is 13.3. The molecule has 0 fully saturated rings. The van der Waals surface area contributed by atoms with Gasteiger partial charge in [0, 0.05) is 31.0 Å². The zero-order valence-electron chi connectivity index (χ0n) is 12.3. The Balaban J connectivity index is 2.40. The van der Waals surface area contributed by atoms with Crippen LogP contribution in [0.25, 0.3) is 0 Å². The fourth-order valence-electron chi connectivity index (χ4n) is 2.00. The number of nitrogens with zero attached hydrogens (tertiary/aromatic N) is 2. The molecule has 0 radical (unpaired) electrons. The molecule has 0 bridgehead atoms. The molecule has 1 heterocycles. The number of aromatic nitrogens is 1. The highest BCUT2D eigenvalue weighted by atomic mass is 35.5. The average molecular weight is 323 g/mol. The van der Waals surface area contributed by atoms with Crippen molar-refractivity contribution in [3.05, 3.63) is 64.7 Å². The molecule has 2 aromatic rings. The van der Waals surface area contributed by atoms with Crippen molar-refractivity contribution in [1.29, 1.82) is 0 Å². The molecule has 0 aliphatic rings. The summed E-state index contributed by atoms with van der Waals surface area (Å²) in [6.07, 6.45) is 3.44. The third kappa shape index (κ3) is 4.02.